The summed E-state index contributed by atoms with van der Waals surface area (Å²) < 4.78 is 39.3. The third-order valence-electron chi connectivity index (χ3n) is 5.24. The molecule has 0 spiro atoms. The molecule has 1 aromatic carbocycles. The van der Waals surface area contributed by atoms with Gasteiger partial charge >= 0.3 is 6.18 Å². The van der Waals surface area contributed by atoms with E-state index in [2.05, 4.69) is 15.5 Å². The number of hydrogen-bond donors (Lipinski definition) is 2. The zero-order chi connectivity index (χ0) is 18.6. The highest BCUT2D eigenvalue weighted by Gasteiger charge is 2.32. The van der Waals surface area contributed by atoms with Crippen molar-refractivity contribution in [2.24, 2.45) is 5.92 Å². The summed E-state index contributed by atoms with van der Waals surface area (Å²) in [5.74, 6) is 0.262. The summed E-state index contributed by atoms with van der Waals surface area (Å²) in [6.45, 7) is 3.50. The van der Waals surface area contributed by atoms with E-state index in [0.717, 1.165) is 70.4 Å². The number of nitrogens with zero attached hydrogens (tertiary/aromatic N) is 1. The van der Waals surface area contributed by atoms with Crippen molar-refractivity contribution in [2.75, 3.05) is 36.4 Å². The molecule has 160 valence electrons. The molecule has 0 bridgehead atoms. The van der Waals surface area contributed by atoms with Crippen molar-refractivity contribution in [3.63, 3.8) is 0 Å². The number of hydrogen-bond acceptors (Lipinski definition) is 3. The van der Waals surface area contributed by atoms with Gasteiger partial charge in [-0.25, -0.2) is 0 Å². The van der Waals surface area contributed by atoms with Crippen LogP contribution >= 0.6 is 24.8 Å². The number of rotatable bonds is 5. The Labute approximate surface area is 176 Å². The smallest absolute Gasteiger partial charge is 0.370 e. The van der Waals surface area contributed by atoms with Gasteiger partial charge in [0, 0.05) is 19.5 Å². The molecule has 2 aliphatic heterocycles. The first-order valence-corrected chi connectivity index (χ1v) is 9.40. The van der Waals surface area contributed by atoms with Gasteiger partial charge in [0.2, 0.25) is 5.91 Å². The fraction of sp³-hybridized carbons (Fsp3) is 0.632. The van der Waals surface area contributed by atoms with Crippen LogP contribution in [0.25, 0.3) is 0 Å². The zero-order valence-corrected chi connectivity index (χ0v) is 17.3. The van der Waals surface area contributed by atoms with Gasteiger partial charge in [0.15, 0.2) is 0 Å². The quantitative estimate of drug-likeness (QED) is 0.684. The maximum Gasteiger partial charge on any atom is 0.416 e. The highest BCUT2D eigenvalue weighted by Crippen LogP contribution is 2.36. The summed E-state index contributed by atoms with van der Waals surface area (Å²) in [6, 6.07) is 3.66. The average molecular weight is 442 g/mol. The highest BCUT2D eigenvalue weighted by atomic mass is 35.5. The molecule has 1 unspecified atom stereocenters. The third kappa shape index (κ3) is 6.71. The van der Waals surface area contributed by atoms with Gasteiger partial charge in [-0.1, -0.05) is 0 Å². The topological polar surface area (TPSA) is 44.4 Å². The molecule has 9 heteroatoms. The summed E-state index contributed by atoms with van der Waals surface area (Å²) in [5, 5.41) is 6.00. The summed E-state index contributed by atoms with van der Waals surface area (Å²) in [4.78, 5) is 14.4. The van der Waals surface area contributed by atoms with Crippen LogP contribution in [0.1, 0.15) is 44.1 Å². The van der Waals surface area contributed by atoms with E-state index < -0.39 is 11.7 Å². The minimum absolute atomic E-state index is 0. The van der Waals surface area contributed by atoms with E-state index in [1.807, 2.05) is 0 Å². The Morgan fingerprint density at radius 3 is 2.50 bits per heavy atom. The molecule has 0 saturated carbocycles. The summed E-state index contributed by atoms with van der Waals surface area (Å²) in [6.07, 6.45) is 0.893. The van der Waals surface area contributed by atoms with Gasteiger partial charge in [0.1, 0.15) is 0 Å². The van der Waals surface area contributed by atoms with Crippen LogP contribution in [-0.2, 0) is 11.0 Å². The van der Waals surface area contributed by atoms with E-state index in [-0.39, 0.29) is 36.4 Å². The molecule has 28 heavy (non-hydrogen) atoms. The van der Waals surface area contributed by atoms with Crippen molar-refractivity contribution in [3.8, 4) is 0 Å². The number of anilines is 2. The number of halogens is 5. The largest absolute Gasteiger partial charge is 0.416 e. The van der Waals surface area contributed by atoms with Crippen molar-refractivity contribution in [1.29, 1.82) is 0 Å². The first-order valence-electron chi connectivity index (χ1n) is 9.40. The van der Waals surface area contributed by atoms with Crippen LogP contribution in [0, 0.1) is 5.92 Å². The zero-order valence-electron chi connectivity index (χ0n) is 15.7. The van der Waals surface area contributed by atoms with Gasteiger partial charge in [0.25, 0.3) is 0 Å². The van der Waals surface area contributed by atoms with Gasteiger partial charge in [-0.15, -0.1) is 24.8 Å². The number of nitrogens with one attached hydrogen (secondary N) is 2. The summed E-state index contributed by atoms with van der Waals surface area (Å²) in [5.41, 5.74) is 0.235. The molecule has 0 aliphatic carbocycles. The SMILES string of the molecule is Cl.Cl.O=C(CCC1CCNC1)Nc1cc(C(F)(F)F)ccc1N1CCCCC1. The van der Waals surface area contributed by atoms with E-state index in [1.165, 1.54) is 6.07 Å². The molecule has 2 fully saturated rings. The highest BCUT2D eigenvalue weighted by molar-refractivity contribution is 5.94. The molecular formula is C19H28Cl2F3N3O. The molecule has 1 aromatic rings. The second-order valence-electron chi connectivity index (χ2n) is 7.22. The van der Waals surface area contributed by atoms with Crippen LogP contribution < -0.4 is 15.5 Å². The van der Waals surface area contributed by atoms with Gasteiger partial charge < -0.3 is 15.5 Å². The minimum atomic E-state index is -4.42. The summed E-state index contributed by atoms with van der Waals surface area (Å²) in [7, 11) is 0. The van der Waals surface area contributed by atoms with Crippen molar-refractivity contribution >= 4 is 42.1 Å². The van der Waals surface area contributed by atoms with E-state index in [9.17, 15) is 18.0 Å². The van der Waals surface area contributed by atoms with Crippen LogP contribution in [0.3, 0.4) is 0 Å². The van der Waals surface area contributed by atoms with E-state index >= 15 is 0 Å². The number of benzene rings is 1. The van der Waals surface area contributed by atoms with Crippen LogP contribution in [-0.4, -0.2) is 32.1 Å². The lowest BCUT2D eigenvalue weighted by Crippen LogP contribution is -2.30. The molecule has 2 aliphatic rings. The van der Waals surface area contributed by atoms with Crippen molar-refractivity contribution in [3.05, 3.63) is 23.8 Å². The summed E-state index contributed by atoms with van der Waals surface area (Å²) >= 11 is 0. The molecule has 3 rings (SSSR count). The monoisotopic (exact) mass is 441 g/mol. The normalized spacial score (nSPS) is 19.5. The fourth-order valence-corrected chi connectivity index (χ4v) is 3.73. The Kier molecular flexibility index (Phi) is 9.87. The molecule has 0 aromatic heterocycles. The fourth-order valence-electron chi connectivity index (χ4n) is 3.73. The Hall–Kier alpha value is -1.18. The number of amides is 1. The van der Waals surface area contributed by atoms with Crippen LogP contribution in [0.15, 0.2) is 18.2 Å². The van der Waals surface area contributed by atoms with E-state index in [4.69, 9.17) is 0 Å². The lowest BCUT2D eigenvalue weighted by Gasteiger charge is -2.31. The average Bonchev–Trinajstić information content (AvgIpc) is 3.13. The predicted molar refractivity (Wildman–Crippen MR) is 111 cm³/mol. The molecule has 2 N–H and O–H groups in total. The second kappa shape index (κ2) is 11.1. The van der Waals surface area contributed by atoms with Gasteiger partial charge in [-0.3, -0.25) is 4.79 Å². The predicted octanol–water partition coefficient (Wildman–Crippen LogP) is 4.87. The van der Waals surface area contributed by atoms with Crippen molar-refractivity contribution in [2.45, 2.75) is 44.7 Å². The molecular weight excluding hydrogens is 414 g/mol. The van der Waals surface area contributed by atoms with Crippen LogP contribution in [0.2, 0.25) is 0 Å². The molecule has 1 amide bonds. The van der Waals surface area contributed by atoms with E-state index in [0.29, 0.717) is 18.0 Å². The molecule has 0 radical (unpaired) electrons. The maximum atomic E-state index is 13.1. The number of carbonyl (C=O) groups is 1. The molecule has 2 heterocycles. The van der Waals surface area contributed by atoms with Crippen LogP contribution in [0.5, 0.6) is 0 Å². The van der Waals surface area contributed by atoms with Gasteiger partial charge in [0.05, 0.1) is 16.9 Å². The molecule has 2 saturated heterocycles. The Bertz CT molecular complexity index is 631. The number of carbonyl (C=O) groups excluding carboxylic acids is 1. The number of piperidine rings is 1. The Balaban J connectivity index is 0.00000196. The lowest BCUT2D eigenvalue weighted by molar-refractivity contribution is -0.137. The van der Waals surface area contributed by atoms with Crippen LogP contribution in [0.4, 0.5) is 24.5 Å². The first-order chi connectivity index (χ1) is 12.4. The number of alkyl halides is 3. The molecule has 1 atom stereocenters. The van der Waals surface area contributed by atoms with Crippen molar-refractivity contribution in [1.82, 2.24) is 5.32 Å². The van der Waals surface area contributed by atoms with E-state index in [1.54, 1.807) is 0 Å². The standard InChI is InChI=1S/C19H26F3N3O.2ClH/c20-19(21,22)15-5-6-17(25-10-2-1-3-11-25)16(12-15)24-18(26)7-4-14-8-9-23-13-14;;/h5-6,12,14,23H,1-4,7-11,13H2,(H,24,26);2*1H. The Morgan fingerprint density at radius 2 is 1.89 bits per heavy atom. The van der Waals surface area contributed by atoms with Gasteiger partial charge in [-0.05, 0) is 69.3 Å². The Morgan fingerprint density at radius 1 is 1.18 bits per heavy atom. The minimum Gasteiger partial charge on any atom is -0.370 e. The van der Waals surface area contributed by atoms with Gasteiger partial charge in [-0.2, -0.15) is 13.2 Å². The molecule has 4 nitrogen and oxygen atoms in total. The third-order valence-corrected chi connectivity index (χ3v) is 5.24. The van der Waals surface area contributed by atoms with Crippen molar-refractivity contribution < 1.29 is 18.0 Å². The lowest BCUT2D eigenvalue weighted by atomic mass is 10.0. The maximum absolute atomic E-state index is 13.1. The second-order valence-corrected chi connectivity index (χ2v) is 7.22. The first kappa shape index (κ1) is 24.9.